The normalized spacial score (nSPS) is 20.6. The minimum absolute atomic E-state index is 0.0343. The first-order valence-corrected chi connectivity index (χ1v) is 7.13. The summed E-state index contributed by atoms with van der Waals surface area (Å²) in [7, 11) is 0. The average molecular weight is 295 g/mol. The molecule has 0 aliphatic heterocycles. The maximum Gasteiger partial charge on any atom is 0.228 e. The highest BCUT2D eigenvalue weighted by atomic mass is 35.5. The van der Waals surface area contributed by atoms with Gasteiger partial charge in [0.05, 0.1) is 11.8 Å². The van der Waals surface area contributed by atoms with Crippen LogP contribution in [-0.2, 0) is 9.59 Å². The number of carbonyl (C=O) groups excluding carboxylic acids is 2. The van der Waals surface area contributed by atoms with Crippen LogP contribution in [0.2, 0.25) is 5.02 Å². The second kappa shape index (κ2) is 5.83. The van der Waals surface area contributed by atoms with E-state index in [1.807, 2.05) is 20.8 Å². The van der Waals surface area contributed by atoms with Crippen LogP contribution in [0.4, 0.5) is 5.69 Å². The molecule has 2 atom stereocenters. The van der Waals surface area contributed by atoms with Crippen LogP contribution >= 0.6 is 11.6 Å². The third kappa shape index (κ3) is 3.51. The largest absolute Gasteiger partial charge is 0.354 e. The second-order valence-electron chi connectivity index (χ2n) is 5.56. The Kier molecular flexibility index (Phi) is 4.33. The van der Waals surface area contributed by atoms with E-state index in [0.717, 1.165) is 11.3 Å². The number of benzene rings is 1. The van der Waals surface area contributed by atoms with Crippen LogP contribution in [0.15, 0.2) is 18.2 Å². The Bertz CT molecular complexity index is 543. The lowest BCUT2D eigenvalue weighted by atomic mass is 10.2. The number of hydrogen-bond donors (Lipinski definition) is 2. The Balaban J connectivity index is 1.92. The van der Waals surface area contributed by atoms with Crippen molar-refractivity contribution in [1.29, 1.82) is 0 Å². The van der Waals surface area contributed by atoms with E-state index in [1.165, 1.54) is 0 Å². The van der Waals surface area contributed by atoms with Gasteiger partial charge in [0.2, 0.25) is 11.8 Å². The molecule has 0 radical (unpaired) electrons. The van der Waals surface area contributed by atoms with Crippen molar-refractivity contribution >= 4 is 29.1 Å². The molecule has 2 amide bonds. The number of rotatable bonds is 4. The minimum atomic E-state index is -0.219. The molecule has 2 unspecified atom stereocenters. The van der Waals surface area contributed by atoms with Crippen molar-refractivity contribution < 1.29 is 9.59 Å². The highest BCUT2D eigenvalue weighted by Crippen LogP contribution is 2.39. The van der Waals surface area contributed by atoms with Crippen molar-refractivity contribution in [2.75, 3.05) is 5.32 Å². The van der Waals surface area contributed by atoms with E-state index < -0.39 is 0 Å². The van der Waals surface area contributed by atoms with Gasteiger partial charge in [-0.1, -0.05) is 11.6 Å². The number of amides is 2. The molecule has 1 aliphatic carbocycles. The third-order valence-electron chi connectivity index (χ3n) is 3.34. The Morgan fingerprint density at radius 2 is 1.90 bits per heavy atom. The molecular formula is C15H19ClN2O2. The van der Waals surface area contributed by atoms with Gasteiger partial charge < -0.3 is 10.6 Å². The van der Waals surface area contributed by atoms with Crippen molar-refractivity contribution in [3.05, 3.63) is 28.8 Å². The maximum atomic E-state index is 12.1. The summed E-state index contributed by atoms with van der Waals surface area (Å²) in [5.41, 5.74) is 1.66. The number of halogens is 1. The third-order valence-corrected chi connectivity index (χ3v) is 3.58. The fourth-order valence-corrected chi connectivity index (χ4v) is 2.39. The summed E-state index contributed by atoms with van der Waals surface area (Å²) in [5, 5.41) is 6.34. The van der Waals surface area contributed by atoms with Crippen molar-refractivity contribution in [3.8, 4) is 0 Å². The number of aryl methyl sites for hydroxylation is 1. The summed E-state index contributed by atoms with van der Waals surface area (Å²) in [6, 6.07) is 5.42. The zero-order valence-corrected chi connectivity index (χ0v) is 12.6. The van der Waals surface area contributed by atoms with Gasteiger partial charge in [-0.2, -0.15) is 0 Å². The Labute approximate surface area is 123 Å². The van der Waals surface area contributed by atoms with E-state index in [9.17, 15) is 9.59 Å². The quantitative estimate of drug-likeness (QED) is 0.897. The number of carbonyl (C=O) groups is 2. The molecule has 0 bridgehead atoms. The summed E-state index contributed by atoms with van der Waals surface area (Å²) in [6.45, 7) is 5.70. The Hall–Kier alpha value is -1.55. The first-order chi connectivity index (χ1) is 9.38. The Morgan fingerprint density at radius 3 is 2.50 bits per heavy atom. The van der Waals surface area contributed by atoms with Gasteiger partial charge >= 0.3 is 0 Å². The first-order valence-electron chi connectivity index (χ1n) is 6.76. The van der Waals surface area contributed by atoms with Crippen molar-refractivity contribution in [3.63, 3.8) is 0 Å². The predicted octanol–water partition coefficient (Wildman–Crippen LogP) is 2.75. The van der Waals surface area contributed by atoms with E-state index in [2.05, 4.69) is 10.6 Å². The molecule has 0 aromatic heterocycles. The molecule has 0 spiro atoms. The maximum absolute atomic E-state index is 12.1. The molecule has 108 valence electrons. The van der Waals surface area contributed by atoms with E-state index in [4.69, 9.17) is 11.6 Å². The molecule has 1 aromatic carbocycles. The summed E-state index contributed by atoms with van der Waals surface area (Å²) >= 11 is 5.88. The average Bonchev–Trinajstić information content (AvgIpc) is 3.12. The minimum Gasteiger partial charge on any atom is -0.354 e. The van der Waals surface area contributed by atoms with Crippen LogP contribution in [0, 0.1) is 18.8 Å². The van der Waals surface area contributed by atoms with Gasteiger partial charge in [-0.3, -0.25) is 9.59 Å². The molecule has 2 N–H and O–H groups in total. The topological polar surface area (TPSA) is 58.2 Å². The van der Waals surface area contributed by atoms with Crippen LogP contribution in [0.1, 0.15) is 25.8 Å². The fourth-order valence-electron chi connectivity index (χ4n) is 2.16. The van der Waals surface area contributed by atoms with Gasteiger partial charge in [-0.15, -0.1) is 0 Å². The van der Waals surface area contributed by atoms with Gasteiger partial charge in [0.15, 0.2) is 0 Å². The van der Waals surface area contributed by atoms with Gasteiger partial charge in [0, 0.05) is 16.8 Å². The van der Waals surface area contributed by atoms with Crippen molar-refractivity contribution in [2.45, 2.75) is 33.2 Å². The zero-order chi connectivity index (χ0) is 14.9. The lowest BCUT2D eigenvalue weighted by Crippen LogP contribution is -2.32. The Morgan fingerprint density at radius 1 is 1.25 bits per heavy atom. The zero-order valence-electron chi connectivity index (χ0n) is 11.9. The molecule has 1 fully saturated rings. The predicted molar refractivity (Wildman–Crippen MR) is 79.7 cm³/mol. The summed E-state index contributed by atoms with van der Waals surface area (Å²) in [6.07, 6.45) is 0.622. The second-order valence-corrected chi connectivity index (χ2v) is 6.00. The van der Waals surface area contributed by atoms with Crippen LogP contribution in [0.3, 0.4) is 0 Å². The molecule has 4 nitrogen and oxygen atoms in total. The van der Waals surface area contributed by atoms with Gasteiger partial charge in [0.1, 0.15) is 0 Å². The van der Waals surface area contributed by atoms with Crippen LogP contribution < -0.4 is 10.6 Å². The van der Waals surface area contributed by atoms with E-state index in [1.54, 1.807) is 18.2 Å². The van der Waals surface area contributed by atoms with Crippen molar-refractivity contribution in [2.24, 2.45) is 11.8 Å². The van der Waals surface area contributed by atoms with Gasteiger partial charge in [-0.05, 0) is 51.0 Å². The highest BCUT2D eigenvalue weighted by molar-refractivity contribution is 6.30. The lowest BCUT2D eigenvalue weighted by molar-refractivity contribution is -0.125. The first kappa shape index (κ1) is 14.9. The number of anilines is 1. The summed E-state index contributed by atoms with van der Waals surface area (Å²) < 4.78 is 0. The molecule has 0 heterocycles. The van der Waals surface area contributed by atoms with E-state index in [-0.39, 0.29) is 29.7 Å². The SMILES string of the molecule is Cc1cc(Cl)ccc1NC(=O)C1CC1C(=O)NC(C)C. The molecule has 20 heavy (non-hydrogen) atoms. The molecule has 1 aliphatic rings. The monoisotopic (exact) mass is 294 g/mol. The van der Waals surface area contributed by atoms with E-state index in [0.29, 0.717) is 11.4 Å². The van der Waals surface area contributed by atoms with Gasteiger partial charge in [0.25, 0.3) is 0 Å². The molecule has 1 saturated carbocycles. The highest BCUT2D eigenvalue weighted by Gasteiger charge is 2.48. The van der Waals surface area contributed by atoms with Crippen molar-refractivity contribution in [1.82, 2.24) is 5.32 Å². The molecule has 2 rings (SSSR count). The van der Waals surface area contributed by atoms with E-state index >= 15 is 0 Å². The summed E-state index contributed by atoms with van der Waals surface area (Å²) in [5.74, 6) is -0.541. The molecule has 5 heteroatoms. The molecular weight excluding hydrogens is 276 g/mol. The fraction of sp³-hybridized carbons (Fsp3) is 0.467. The van der Waals surface area contributed by atoms with Gasteiger partial charge in [-0.25, -0.2) is 0 Å². The number of nitrogens with one attached hydrogen (secondary N) is 2. The molecule has 1 aromatic rings. The molecule has 0 saturated heterocycles. The lowest BCUT2D eigenvalue weighted by Gasteiger charge is -2.09. The van der Waals surface area contributed by atoms with Crippen LogP contribution in [0.5, 0.6) is 0 Å². The van der Waals surface area contributed by atoms with Crippen LogP contribution in [-0.4, -0.2) is 17.9 Å². The summed E-state index contributed by atoms with van der Waals surface area (Å²) in [4.78, 5) is 23.9. The van der Waals surface area contributed by atoms with Crippen LogP contribution in [0.25, 0.3) is 0 Å². The standard InChI is InChI=1S/C15H19ClN2O2/c1-8(2)17-14(19)11-7-12(11)15(20)18-13-5-4-10(16)6-9(13)3/h4-6,8,11-12H,7H2,1-3H3,(H,17,19)(H,18,20). The number of hydrogen-bond acceptors (Lipinski definition) is 2. The smallest absolute Gasteiger partial charge is 0.228 e.